The summed E-state index contributed by atoms with van der Waals surface area (Å²) < 4.78 is 1.24. The number of aryl methyl sites for hydroxylation is 1. The number of carbonyl (C=O) groups excluding carboxylic acids is 2. The van der Waals surface area contributed by atoms with Gasteiger partial charge in [-0.3, -0.25) is 25.2 Å². The Morgan fingerprint density at radius 2 is 2.00 bits per heavy atom. The molecule has 0 radical (unpaired) electrons. The lowest BCUT2D eigenvalue weighted by Crippen LogP contribution is -2.43. The van der Waals surface area contributed by atoms with Crippen LogP contribution in [0.2, 0.25) is 0 Å². The molecule has 0 bridgehead atoms. The summed E-state index contributed by atoms with van der Waals surface area (Å²) in [5, 5.41) is 5.01. The van der Waals surface area contributed by atoms with E-state index in [2.05, 4.69) is 22.0 Å². The number of nitrogens with zero attached hydrogens (tertiary/aromatic N) is 2. The second-order valence-corrected chi connectivity index (χ2v) is 5.99. The Bertz CT molecular complexity index is 901. The van der Waals surface area contributed by atoms with Gasteiger partial charge < -0.3 is 0 Å². The van der Waals surface area contributed by atoms with Crippen LogP contribution in [0.5, 0.6) is 0 Å². The van der Waals surface area contributed by atoms with Crippen LogP contribution in [0.3, 0.4) is 0 Å². The van der Waals surface area contributed by atoms with Gasteiger partial charge in [0.25, 0.3) is 11.5 Å². The monoisotopic (exact) mass is 340 g/mol. The number of rotatable bonds is 4. The molecule has 25 heavy (non-hydrogen) atoms. The van der Waals surface area contributed by atoms with Crippen LogP contribution in [0.25, 0.3) is 10.8 Å². The van der Waals surface area contributed by atoms with Gasteiger partial charge in [-0.1, -0.05) is 30.4 Å². The molecule has 1 aromatic carbocycles. The number of nitrogens with one attached hydrogen (secondary N) is 2. The molecule has 2 N–H and O–H groups in total. The van der Waals surface area contributed by atoms with Crippen LogP contribution < -0.4 is 16.4 Å². The van der Waals surface area contributed by atoms with E-state index in [-0.39, 0.29) is 23.1 Å². The van der Waals surface area contributed by atoms with E-state index in [4.69, 9.17) is 0 Å². The molecule has 3 rings (SSSR count). The van der Waals surface area contributed by atoms with Gasteiger partial charge >= 0.3 is 0 Å². The minimum atomic E-state index is -0.547. The van der Waals surface area contributed by atoms with Crippen LogP contribution in [0, 0.1) is 5.92 Å². The molecule has 0 saturated heterocycles. The van der Waals surface area contributed by atoms with Crippen molar-refractivity contribution in [2.24, 2.45) is 5.92 Å². The molecule has 7 nitrogen and oxygen atoms in total. The number of benzene rings is 1. The predicted octanol–water partition coefficient (Wildman–Crippen LogP) is 1.53. The van der Waals surface area contributed by atoms with E-state index in [1.807, 2.05) is 6.08 Å². The van der Waals surface area contributed by atoms with Gasteiger partial charge in [0.15, 0.2) is 5.69 Å². The zero-order valence-electron chi connectivity index (χ0n) is 14.0. The Balaban J connectivity index is 1.77. The van der Waals surface area contributed by atoms with E-state index < -0.39 is 5.91 Å². The van der Waals surface area contributed by atoms with E-state index in [0.29, 0.717) is 23.7 Å². The van der Waals surface area contributed by atoms with Crippen molar-refractivity contribution in [2.75, 3.05) is 0 Å². The van der Waals surface area contributed by atoms with Crippen molar-refractivity contribution in [1.29, 1.82) is 0 Å². The summed E-state index contributed by atoms with van der Waals surface area (Å²) in [5.41, 5.74) is 4.69. The standard InChI is InChI=1S/C18H20N4O3/c1-2-22-18(25)14-10-6-5-9-13(14)16(21-22)17(24)20-19-15(23)11-12-7-3-4-8-12/h3,5-7,9-10,12H,2,4,8,11H2,1H3,(H,19,23)(H,20,24). The smallest absolute Gasteiger partial charge is 0.273 e. The topological polar surface area (TPSA) is 93.1 Å². The number of carbonyl (C=O) groups is 2. The number of hydrazine groups is 1. The third kappa shape index (κ3) is 3.60. The van der Waals surface area contributed by atoms with Gasteiger partial charge in [-0.25, -0.2) is 4.68 Å². The number of hydrogen-bond acceptors (Lipinski definition) is 4. The highest BCUT2D eigenvalue weighted by atomic mass is 16.2. The molecule has 1 unspecified atom stereocenters. The molecule has 130 valence electrons. The average molecular weight is 340 g/mol. The molecule has 2 amide bonds. The summed E-state index contributed by atoms with van der Waals surface area (Å²) in [5.74, 6) is -0.579. The quantitative estimate of drug-likeness (QED) is 0.652. The van der Waals surface area contributed by atoms with Gasteiger partial charge in [0, 0.05) is 18.4 Å². The molecule has 0 spiro atoms. The molecule has 1 atom stereocenters. The first kappa shape index (κ1) is 16.9. The number of allylic oxidation sites excluding steroid dienone is 2. The van der Waals surface area contributed by atoms with Gasteiger partial charge in [-0.05, 0) is 31.7 Å². The van der Waals surface area contributed by atoms with Crippen molar-refractivity contribution in [2.45, 2.75) is 32.7 Å². The SMILES string of the molecule is CCn1nc(C(=O)NNC(=O)CC2C=CCC2)c2ccccc2c1=O. The Kier molecular flexibility index (Phi) is 4.92. The van der Waals surface area contributed by atoms with E-state index in [1.165, 1.54) is 4.68 Å². The van der Waals surface area contributed by atoms with Gasteiger partial charge in [0.2, 0.25) is 5.91 Å². The zero-order chi connectivity index (χ0) is 17.8. The third-order valence-electron chi connectivity index (χ3n) is 4.26. The van der Waals surface area contributed by atoms with Gasteiger partial charge in [-0.15, -0.1) is 0 Å². The lowest BCUT2D eigenvalue weighted by Gasteiger charge is -2.12. The summed E-state index contributed by atoms with van der Waals surface area (Å²) in [6.07, 6.45) is 6.35. The summed E-state index contributed by atoms with van der Waals surface area (Å²) in [7, 11) is 0. The zero-order valence-corrected chi connectivity index (χ0v) is 14.0. The molecule has 1 aliphatic carbocycles. The first-order chi connectivity index (χ1) is 12.1. The Morgan fingerprint density at radius 1 is 1.24 bits per heavy atom. The molecule has 1 heterocycles. The summed E-state index contributed by atoms with van der Waals surface area (Å²) in [4.78, 5) is 36.7. The molecular weight excluding hydrogens is 320 g/mol. The first-order valence-corrected chi connectivity index (χ1v) is 8.36. The van der Waals surface area contributed by atoms with Crippen LogP contribution in [-0.2, 0) is 11.3 Å². The van der Waals surface area contributed by atoms with Crippen LogP contribution in [-0.4, -0.2) is 21.6 Å². The molecule has 1 aliphatic rings. The largest absolute Gasteiger partial charge is 0.290 e. The maximum Gasteiger partial charge on any atom is 0.290 e. The van der Waals surface area contributed by atoms with Crippen molar-refractivity contribution < 1.29 is 9.59 Å². The molecule has 2 aromatic rings. The summed E-state index contributed by atoms with van der Waals surface area (Å²) in [6.45, 7) is 2.13. The fourth-order valence-electron chi connectivity index (χ4n) is 2.96. The lowest BCUT2D eigenvalue weighted by molar-refractivity contribution is -0.122. The van der Waals surface area contributed by atoms with Crippen molar-refractivity contribution in [3.05, 3.63) is 52.5 Å². The Morgan fingerprint density at radius 3 is 2.68 bits per heavy atom. The minimum Gasteiger partial charge on any atom is -0.273 e. The van der Waals surface area contributed by atoms with Crippen molar-refractivity contribution in [3.8, 4) is 0 Å². The fourth-order valence-corrected chi connectivity index (χ4v) is 2.96. The maximum atomic E-state index is 12.5. The average Bonchev–Trinajstić information content (AvgIpc) is 3.13. The predicted molar refractivity (Wildman–Crippen MR) is 93.8 cm³/mol. The van der Waals surface area contributed by atoms with E-state index >= 15 is 0 Å². The number of aromatic nitrogens is 2. The van der Waals surface area contributed by atoms with E-state index in [1.54, 1.807) is 31.2 Å². The molecule has 1 aromatic heterocycles. The third-order valence-corrected chi connectivity index (χ3v) is 4.26. The minimum absolute atomic E-state index is 0.109. The normalized spacial score (nSPS) is 16.1. The molecular formula is C18H20N4O3. The van der Waals surface area contributed by atoms with Crippen LogP contribution in [0.1, 0.15) is 36.7 Å². The highest BCUT2D eigenvalue weighted by molar-refractivity contribution is 6.05. The van der Waals surface area contributed by atoms with Gasteiger partial charge in [0.05, 0.1) is 5.39 Å². The van der Waals surface area contributed by atoms with Gasteiger partial charge in [0.1, 0.15) is 0 Å². The molecule has 0 fully saturated rings. The number of hydrogen-bond donors (Lipinski definition) is 2. The van der Waals surface area contributed by atoms with Crippen LogP contribution in [0.15, 0.2) is 41.2 Å². The van der Waals surface area contributed by atoms with Crippen LogP contribution in [0.4, 0.5) is 0 Å². The van der Waals surface area contributed by atoms with Crippen molar-refractivity contribution >= 4 is 22.6 Å². The Labute approximate surface area is 144 Å². The van der Waals surface area contributed by atoms with E-state index in [0.717, 1.165) is 12.8 Å². The number of fused-ring (bicyclic) bond motifs is 1. The van der Waals surface area contributed by atoms with E-state index in [9.17, 15) is 14.4 Å². The van der Waals surface area contributed by atoms with Gasteiger partial charge in [-0.2, -0.15) is 5.10 Å². The maximum absolute atomic E-state index is 12.5. The second-order valence-electron chi connectivity index (χ2n) is 5.99. The van der Waals surface area contributed by atoms with Crippen molar-refractivity contribution in [1.82, 2.24) is 20.6 Å². The summed E-state index contributed by atoms with van der Waals surface area (Å²) >= 11 is 0. The first-order valence-electron chi connectivity index (χ1n) is 8.36. The highest BCUT2D eigenvalue weighted by Crippen LogP contribution is 2.19. The fraction of sp³-hybridized carbons (Fsp3) is 0.333. The lowest BCUT2D eigenvalue weighted by atomic mass is 10.1. The Hall–Kier alpha value is -2.96. The molecule has 7 heteroatoms. The number of amides is 2. The summed E-state index contributed by atoms with van der Waals surface area (Å²) in [6, 6.07) is 6.81. The van der Waals surface area contributed by atoms with Crippen LogP contribution >= 0.6 is 0 Å². The van der Waals surface area contributed by atoms with Crippen molar-refractivity contribution in [3.63, 3.8) is 0 Å². The second kappa shape index (κ2) is 7.29. The molecule has 0 aliphatic heterocycles. The highest BCUT2D eigenvalue weighted by Gasteiger charge is 2.18. The molecule has 0 saturated carbocycles.